The number of nitrogens with one attached hydrogen (secondary N) is 2. The molecule has 0 spiro atoms. The number of urea groups is 1. The normalized spacial score (nSPS) is 9.16. The molecule has 0 atom stereocenters. The third kappa shape index (κ3) is 4.50. The van der Waals surface area contributed by atoms with Gasteiger partial charge >= 0.3 is 6.03 Å². The van der Waals surface area contributed by atoms with Crippen LogP contribution in [0, 0.1) is 5.41 Å². The van der Waals surface area contributed by atoms with Gasteiger partial charge in [0.2, 0.25) is 0 Å². The maximum absolute atomic E-state index is 11.2. The molecular formula is C9H13ClN6O3. The molecular weight excluding hydrogens is 276 g/mol. The third-order valence-corrected chi connectivity index (χ3v) is 2.21. The average molecular weight is 289 g/mol. The summed E-state index contributed by atoms with van der Waals surface area (Å²) in [6.07, 6.45) is 1.37. The second kappa shape index (κ2) is 7.26. The van der Waals surface area contributed by atoms with E-state index in [4.69, 9.17) is 28.6 Å². The number of amides is 3. The number of rotatable bonds is 3. The summed E-state index contributed by atoms with van der Waals surface area (Å²) >= 11 is 5.66. The molecule has 0 aliphatic rings. The van der Waals surface area contributed by atoms with Crippen molar-refractivity contribution < 1.29 is 15.1 Å². The summed E-state index contributed by atoms with van der Waals surface area (Å²) in [6, 6.07) is 1.89. The summed E-state index contributed by atoms with van der Waals surface area (Å²) in [6.45, 7) is -0.454. The van der Waals surface area contributed by atoms with E-state index in [1.807, 2.05) is 5.43 Å². The van der Waals surface area contributed by atoms with E-state index in [0.717, 1.165) is 4.90 Å². The number of nitrogens with two attached hydrogens (primary N) is 2. The lowest BCUT2D eigenvalue weighted by atomic mass is 10.2. The molecule has 0 saturated carbocycles. The van der Waals surface area contributed by atoms with E-state index < -0.39 is 18.5 Å². The van der Waals surface area contributed by atoms with Gasteiger partial charge < -0.3 is 11.2 Å². The smallest absolute Gasteiger partial charge is 0.320 e. The van der Waals surface area contributed by atoms with Crippen molar-refractivity contribution >= 4 is 29.4 Å². The molecule has 104 valence electrons. The van der Waals surface area contributed by atoms with E-state index in [1.54, 1.807) is 0 Å². The van der Waals surface area contributed by atoms with Crippen LogP contribution in [0.3, 0.4) is 0 Å². The standard InChI is InChI=1S/C9H11ClN6O2.H2O/c10-6-3-5(1-2-14-6)8(11)16(9(12)18)4-7(17)15-13;/h1-3,11H,4,13H2,(H2,12,18)(H,15,17);1H2. The number of nitrogens with zero attached hydrogens (tertiary/aromatic N) is 2. The van der Waals surface area contributed by atoms with Crippen LogP contribution in [0.15, 0.2) is 18.3 Å². The Labute approximate surface area is 113 Å². The van der Waals surface area contributed by atoms with Gasteiger partial charge in [0, 0.05) is 11.8 Å². The van der Waals surface area contributed by atoms with Crippen molar-refractivity contribution in [1.29, 1.82) is 5.41 Å². The van der Waals surface area contributed by atoms with Crippen molar-refractivity contribution in [2.75, 3.05) is 6.54 Å². The monoisotopic (exact) mass is 288 g/mol. The van der Waals surface area contributed by atoms with E-state index in [1.165, 1.54) is 18.3 Å². The summed E-state index contributed by atoms with van der Waals surface area (Å²) in [5.41, 5.74) is 7.24. The summed E-state index contributed by atoms with van der Waals surface area (Å²) in [7, 11) is 0. The molecule has 10 heteroatoms. The minimum Gasteiger partial charge on any atom is -0.412 e. The van der Waals surface area contributed by atoms with Crippen molar-refractivity contribution in [3.63, 3.8) is 0 Å². The highest BCUT2D eigenvalue weighted by atomic mass is 35.5. The van der Waals surface area contributed by atoms with Crippen molar-refractivity contribution in [2.24, 2.45) is 11.6 Å². The number of hydrogen-bond acceptors (Lipinski definition) is 5. The highest BCUT2D eigenvalue weighted by molar-refractivity contribution is 6.29. The van der Waals surface area contributed by atoms with E-state index in [9.17, 15) is 9.59 Å². The fourth-order valence-electron chi connectivity index (χ4n) is 1.16. The Kier molecular flexibility index (Phi) is 6.41. The first-order valence-electron chi connectivity index (χ1n) is 4.72. The number of pyridine rings is 1. The van der Waals surface area contributed by atoms with Crippen molar-refractivity contribution in [2.45, 2.75) is 0 Å². The fraction of sp³-hybridized carbons (Fsp3) is 0.111. The highest BCUT2D eigenvalue weighted by Crippen LogP contribution is 2.09. The maximum atomic E-state index is 11.2. The molecule has 9 nitrogen and oxygen atoms in total. The minimum absolute atomic E-state index is 0. The quantitative estimate of drug-likeness (QED) is 0.134. The van der Waals surface area contributed by atoms with Crippen molar-refractivity contribution in [1.82, 2.24) is 15.3 Å². The van der Waals surface area contributed by atoms with Gasteiger partial charge in [-0.05, 0) is 12.1 Å². The number of hydrogen-bond donors (Lipinski definition) is 4. The van der Waals surface area contributed by atoms with Crippen LogP contribution in [0.1, 0.15) is 5.56 Å². The van der Waals surface area contributed by atoms with Gasteiger partial charge in [-0.2, -0.15) is 0 Å². The van der Waals surface area contributed by atoms with E-state index in [2.05, 4.69) is 4.98 Å². The molecule has 0 aliphatic carbocycles. The number of aromatic nitrogens is 1. The molecule has 8 N–H and O–H groups in total. The van der Waals surface area contributed by atoms with Gasteiger partial charge in [-0.3, -0.25) is 20.5 Å². The zero-order chi connectivity index (χ0) is 13.7. The Hall–Kier alpha value is -2.23. The maximum Gasteiger partial charge on any atom is 0.320 e. The van der Waals surface area contributed by atoms with Crippen LogP contribution in [0.25, 0.3) is 0 Å². The Morgan fingerprint density at radius 3 is 2.63 bits per heavy atom. The first-order chi connectivity index (χ1) is 8.45. The summed E-state index contributed by atoms with van der Waals surface area (Å²) < 4.78 is 0. The largest absolute Gasteiger partial charge is 0.412 e. The topological polar surface area (TPSA) is 170 Å². The van der Waals surface area contributed by atoms with Crippen LogP contribution in [0.2, 0.25) is 5.15 Å². The molecule has 1 aromatic heterocycles. The van der Waals surface area contributed by atoms with Crippen LogP contribution in [-0.4, -0.2) is 39.7 Å². The molecule has 0 bridgehead atoms. The molecule has 0 aromatic carbocycles. The zero-order valence-electron chi connectivity index (χ0n) is 9.68. The molecule has 0 radical (unpaired) electrons. The first-order valence-corrected chi connectivity index (χ1v) is 5.10. The third-order valence-electron chi connectivity index (χ3n) is 2.00. The van der Waals surface area contributed by atoms with Crippen LogP contribution >= 0.6 is 11.6 Å². The lowest BCUT2D eigenvalue weighted by Crippen LogP contribution is -2.48. The Bertz CT molecular complexity index is 495. The fourth-order valence-corrected chi connectivity index (χ4v) is 1.34. The Balaban J connectivity index is 0.00000324. The molecule has 0 saturated heterocycles. The summed E-state index contributed by atoms with van der Waals surface area (Å²) in [4.78, 5) is 26.8. The lowest BCUT2D eigenvalue weighted by molar-refractivity contribution is -0.121. The van der Waals surface area contributed by atoms with E-state index in [-0.39, 0.29) is 16.5 Å². The van der Waals surface area contributed by atoms with Gasteiger partial charge in [0.05, 0.1) is 0 Å². The summed E-state index contributed by atoms with van der Waals surface area (Å²) in [5, 5.41) is 7.96. The SMILES string of the molecule is N=C(c1ccnc(Cl)c1)N(CC(=O)NN)C(N)=O.O. The van der Waals surface area contributed by atoms with Gasteiger partial charge in [0.25, 0.3) is 5.91 Å². The Morgan fingerprint density at radius 2 is 2.16 bits per heavy atom. The number of primary amides is 1. The molecule has 0 aliphatic heterocycles. The Morgan fingerprint density at radius 1 is 1.53 bits per heavy atom. The molecule has 1 aromatic rings. The molecule has 19 heavy (non-hydrogen) atoms. The van der Waals surface area contributed by atoms with Gasteiger partial charge in [0.15, 0.2) is 0 Å². The number of carbonyl (C=O) groups excluding carboxylic acids is 2. The van der Waals surface area contributed by atoms with Gasteiger partial charge in [-0.25, -0.2) is 15.6 Å². The molecule has 0 fully saturated rings. The van der Waals surface area contributed by atoms with Crippen LogP contribution < -0.4 is 17.0 Å². The van der Waals surface area contributed by atoms with Gasteiger partial charge in [-0.1, -0.05) is 11.6 Å². The second-order valence-electron chi connectivity index (χ2n) is 3.21. The van der Waals surface area contributed by atoms with E-state index >= 15 is 0 Å². The molecule has 1 rings (SSSR count). The number of amidine groups is 1. The zero-order valence-corrected chi connectivity index (χ0v) is 10.4. The van der Waals surface area contributed by atoms with Crippen LogP contribution in [-0.2, 0) is 4.79 Å². The summed E-state index contributed by atoms with van der Waals surface area (Å²) in [5.74, 6) is 3.98. The highest BCUT2D eigenvalue weighted by Gasteiger charge is 2.20. The first kappa shape index (κ1) is 16.8. The van der Waals surface area contributed by atoms with Crippen LogP contribution in [0.5, 0.6) is 0 Å². The predicted octanol–water partition coefficient (Wildman–Crippen LogP) is -1.39. The predicted molar refractivity (Wildman–Crippen MR) is 68.3 cm³/mol. The second-order valence-corrected chi connectivity index (χ2v) is 3.59. The molecule has 3 amide bonds. The number of hydrazine groups is 1. The van der Waals surface area contributed by atoms with Crippen molar-refractivity contribution in [3.8, 4) is 0 Å². The molecule has 0 unspecified atom stereocenters. The average Bonchev–Trinajstić information content (AvgIpc) is 2.34. The minimum atomic E-state index is -0.948. The van der Waals surface area contributed by atoms with E-state index in [0.29, 0.717) is 5.56 Å². The van der Waals surface area contributed by atoms with Gasteiger partial charge in [0.1, 0.15) is 17.5 Å². The number of carbonyl (C=O) groups is 2. The number of halogens is 1. The van der Waals surface area contributed by atoms with Crippen molar-refractivity contribution in [3.05, 3.63) is 29.0 Å². The van der Waals surface area contributed by atoms with Crippen LogP contribution in [0.4, 0.5) is 4.79 Å². The van der Waals surface area contributed by atoms with Gasteiger partial charge in [-0.15, -0.1) is 0 Å². The lowest BCUT2D eigenvalue weighted by Gasteiger charge is -2.20. The molecule has 1 heterocycles.